The van der Waals surface area contributed by atoms with Crippen LogP contribution in [0.3, 0.4) is 0 Å². The Hall–Kier alpha value is 0.483. The van der Waals surface area contributed by atoms with Gasteiger partial charge >= 0.3 is 28.9 Å². The van der Waals surface area contributed by atoms with Crippen molar-refractivity contribution < 1.29 is 28.9 Å². The van der Waals surface area contributed by atoms with Gasteiger partial charge in [0.2, 0.25) is 0 Å². The summed E-state index contributed by atoms with van der Waals surface area (Å²) in [5, 5.41) is 0. The molecule has 2 nitrogen and oxygen atoms in total. The molecule has 18 saturated carbocycles. The SMILES string of the molecule is C.C1CC2C1C1C2C2C3C1C1C4C5C6C7C8C9CCC%10C9C89C%10C8C%10C%11C%12C2C31C4%12C5%11C6%10C789.[O]=[Zr]=[O]. The molecule has 20 atom stereocenters. The summed E-state index contributed by atoms with van der Waals surface area (Å²) >= 11 is -2.27. The fourth-order valence-corrected chi connectivity index (χ4v) is 26.1. The Kier molecular flexibility index (Phi) is 1.76. The minimum absolute atomic E-state index is 0. The van der Waals surface area contributed by atoms with E-state index < -0.39 is 23.2 Å². The molecule has 182 valence electrons. The van der Waals surface area contributed by atoms with E-state index in [-0.39, 0.29) is 7.43 Å². The second kappa shape index (κ2) is 3.65. The molecule has 0 aromatic heterocycles. The number of rotatable bonds is 0. The predicted octanol–water partition coefficient (Wildman–Crippen LogP) is 4.66. The van der Waals surface area contributed by atoms with Crippen LogP contribution in [0.2, 0.25) is 0 Å². The summed E-state index contributed by atoms with van der Waals surface area (Å²) in [5.74, 6) is 29.5. The third-order valence-electron chi connectivity index (χ3n) is 22.9. The molecule has 0 amide bonds. The molecule has 20 unspecified atom stereocenters. The van der Waals surface area contributed by atoms with Crippen molar-refractivity contribution in [3.8, 4) is 0 Å². The van der Waals surface area contributed by atoms with Crippen molar-refractivity contribution in [3.63, 3.8) is 0 Å². The Morgan fingerprint density at radius 3 is 1.19 bits per heavy atom. The van der Waals surface area contributed by atoms with Crippen molar-refractivity contribution >= 4 is 0 Å². The first-order valence-corrected chi connectivity index (χ1v) is 18.3. The van der Waals surface area contributed by atoms with Gasteiger partial charge in [-0.1, -0.05) is 7.43 Å². The molecule has 0 radical (unpaired) electrons. The molecule has 18 aliphatic rings. The van der Waals surface area contributed by atoms with Gasteiger partial charge in [0.25, 0.3) is 0 Å². The fraction of sp³-hybridized carbons (Fsp3) is 1.00. The second-order valence-corrected chi connectivity index (χ2v) is 19.3. The first-order valence-electron chi connectivity index (χ1n) is 16.3. The van der Waals surface area contributed by atoms with Gasteiger partial charge in [-0.15, -0.1) is 0 Å². The molecule has 18 rings (SSSR count). The monoisotopic (exact) mass is 552 g/mol. The molecule has 0 N–H and O–H groups in total. The molecular formula is C33H34O2Zr. The fourth-order valence-electron chi connectivity index (χ4n) is 26.1. The molecule has 18 aliphatic carbocycles. The van der Waals surface area contributed by atoms with Gasteiger partial charge in [-0.25, -0.2) is 0 Å². The van der Waals surface area contributed by atoms with Gasteiger partial charge < -0.3 is 0 Å². The minimum atomic E-state index is -2.27. The third kappa shape index (κ3) is 0.697. The quantitative estimate of drug-likeness (QED) is 0.437. The van der Waals surface area contributed by atoms with E-state index in [9.17, 15) is 0 Å². The van der Waals surface area contributed by atoms with Crippen LogP contribution in [0.25, 0.3) is 0 Å². The van der Waals surface area contributed by atoms with Crippen LogP contribution in [-0.4, -0.2) is 0 Å². The average molecular weight is 554 g/mol. The van der Waals surface area contributed by atoms with E-state index in [2.05, 4.69) is 0 Å². The summed E-state index contributed by atoms with van der Waals surface area (Å²) < 4.78 is 17.1. The Labute approximate surface area is 223 Å². The molecule has 0 saturated heterocycles. The van der Waals surface area contributed by atoms with Crippen molar-refractivity contribution in [2.45, 2.75) is 33.1 Å². The zero-order valence-electron chi connectivity index (χ0n) is 19.8. The standard InChI is InChI=1S/C32H30.CH4.2O.Zr/c1-2-6-5(1)9-10(6)12-16-11(9)17-21-25-23-19-14-7-3-4-8-13(7)27(14)15(8)20-24-26-22-18(12)28(16,17)30(21,22)32(25,26)31(23,24)29(19,20)27;;;;/h5-26H,1-4H2;1H4;;;. The third-order valence-corrected chi connectivity index (χ3v) is 22.9. The molecule has 0 heterocycles. The van der Waals surface area contributed by atoms with E-state index >= 15 is 0 Å². The Balaban J connectivity index is 0.000000369. The Bertz CT molecular complexity index is 1440. The zero-order valence-corrected chi connectivity index (χ0v) is 22.3. The maximum absolute atomic E-state index is 8.54. The topological polar surface area (TPSA) is 34.1 Å². The Morgan fingerprint density at radius 2 is 0.750 bits per heavy atom. The number of hydrogen-bond acceptors (Lipinski definition) is 2. The zero-order chi connectivity index (χ0) is 21.2. The van der Waals surface area contributed by atoms with Crippen LogP contribution >= 0.6 is 0 Å². The van der Waals surface area contributed by atoms with Gasteiger partial charge in [-0.3, -0.25) is 0 Å². The summed E-state index contributed by atoms with van der Waals surface area (Å²) in [6.07, 6.45) is 6.77. The molecule has 18 fully saturated rings. The number of hydrogen-bond donors (Lipinski definition) is 0. The van der Waals surface area contributed by atoms with Gasteiger partial charge in [-0.2, -0.15) is 0 Å². The van der Waals surface area contributed by atoms with Crippen molar-refractivity contribution in [3.05, 3.63) is 0 Å². The van der Waals surface area contributed by atoms with E-state index in [1.165, 1.54) is 130 Å². The van der Waals surface area contributed by atoms with Crippen molar-refractivity contribution in [1.82, 2.24) is 0 Å². The molecule has 3 heteroatoms. The molecule has 6 spiro atoms. The summed E-state index contributed by atoms with van der Waals surface area (Å²) in [6.45, 7) is 0. The van der Waals surface area contributed by atoms with E-state index in [0.29, 0.717) is 0 Å². The Morgan fingerprint density at radius 1 is 0.389 bits per heavy atom. The van der Waals surface area contributed by atoms with Crippen molar-refractivity contribution in [2.24, 2.45) is 163 Å². The van der Waals surface area contributed by atoms with Crippen LogP contribution in [0.1, 0.15) is 33.1 Å². The summed E-state index contributed by atoms with van der Waals surface area (Å²) in [4.78, 5) is 0. The number of fused-ring (bicyclic) bond motifs is 20. The van der Waals surface area contributed by atoms with Crippen molar-refractivity contribution in [2.75, 3.05) is 0 Å². The van der Waals surface area contributed by atoms with Crippen LogP contribution in [0, 0.1) is 163 Å². The maximum atomic E-state index is 8.54. The van der Waals surface area contributed by atoms with Crippen LogP contribution in [-0.2, 0) is 28.9 Å². The summed E-state index contributed by atoms with van der Waals surface area (Å²) in [7, 11) is 0. The summed E-state index contributed by atoms with van der Waals surface area (Å²) in [5.41, 5.74) is 6.55. The van der Waals surface area contributed by atoms with E-state index in [1.54, 1.807) is 25.7 Å². The second-order valence-electron chi connectivity index (χ2n) is 18.9. The van der Waals surface area contributed by atoms with Crippen LogP contribution in [0.5, 0.6) is 0 Å². The normalized spacial score (nSPS) is 101. The van der Waals surface area contributed by atoms with Gasteiger partial charge in [0.15, 0.2) is 0 Å². The van der Waals surface area contributed by atoms with E-state index in [4.69, 9.17) is 5.63 Å². The predicted molar refractivity (Wildman–Crippen MR) is 118 cm³/mol. The van der Waals surface area contributed by atoms with Crippen molar-refractivity contribution in [1.29, 1.82) is 0 Å². The molecule has 0 aliphatic heterocycles. The van der Waals surface area contributed by atoms with E-state index in [1.807, 2.05) is 0 Å². The molecule has 0 aromatic carbocycles. The van der Waals surface area contributed by atoms with Gasteiger partial charge in [0.1, 0.15) is 0 Å². The molecule has 0 bridgehead atoms. The molecule has 36 heavy (non-hydrogen) atoms. The van der Waals surface area contributed by atoms with E-state index in [0.717, 1.165) is 32.5 Å². The van der Waals surface area contributed by atoms with Crippen LogP contribution in [0.15, 0.2) is 0 Å². The van der Waals surface area contributed by atoms with Crippen LogP contribution < -0.4 is 0 Å². The first kappa shape index (κ1) is 17.3. The molecule has 0 aromatic rings. The van der Waals surface area contributed by atoms with Gasteiger partial charge in [0, 0.05) is 0 Å². The average Bonchev–Trinajstić information content (AvgIpc) is 3.10. The van der Waals surface area contributed by atoms with Gasteiger partial charge in [0.05, 0.1) is 0 Å². The van der Waals surface area contributed by atoms with Crippen LogP contribution in [0.4, 0.5) is 0 Å². The first-order chi connectivity index (χ1) is 17.3. The summed E-state index contributed by atoms with van der Waals surface area (Å²) in [6, 6.07) is 0. The van der Waals surface area contributed by atoms with Gasteiger partial charge in [-0.05, 0) is 188 Å². The molecular weight excluding hydrogens is 520 g/mol.